The molecule has 7 nitrogen and oxygen atoms in total. The van der Waals surface area contributed by atoms with Gasteiger partial charge in [0, 0.05) is 11.4 Å². The Morgan fingerprint density at radius 3 is 2.59 bits per heavy atom. The molecule has 0 aliphatic carbocycles. The number of imide groups is 1. The van der Waals surface area contributed by atoms with E-state index in [1.54, 1.807) is 42.5 Å². The lowest BCUT2D eigenvalue weighted by molar-refractivity contribution is -0.139. The Labute approximate surface area is 161 Å². The van der Waals surface area contributed by atoms with Crippen LogP contribution in [0.15, 0.2) is 47.8 Å². The Morgan fingerprint density at radius 2 is 1.96 bits per heavy atom. The molecule has 1 saturated heterocycles. The van der Waals surface area contributed by atoms with Crippen LogP contribution in [0.5, 0.6) is 0 Å². The van der Waals surface area contributed by atoms with E-state index in [4.69, 9.17) is 0 Å². The molecule has 1 aromatic carbocycles. The molecule has 142 valence electrons. The fourth-order valence-corrected chi connectivity index (χ4v) is 3.72. The monoisotopic (exact) mass is 386 g/mol. The number of amides is 4. The molecule has 2 N–H and O–H groups in total. The van der Waals surface area contributed by atoms with Crippen LogP contribution in [-0.2, 0) is 21.7 Å². The van der Waals surface area contributed by atoms with Crippen molar-refractivity contribution in [3.63, 3.8) is 0 Å². The smallest absolute Gasteiger partial charge is 0.318 e. The highest BCUT2D eigenvalue weighted by atomic mass is 32.1. The summed E-state index contributed by atoms with van der Waals surface area (Å²) in [5.41, 5.74) is 1.90. The molecule has 1 atom stereocenters. The van der Waals surface area contributed by atoms with Gasteiger partial charge in [0.25, 0.3) is 11.8 Å². The van der Waals surface area contributed by atoms with Gasteiger partial charge >= 0.3 is 6.03 Å². The minimum Gasteiger partial charge on any atom is -0.318 e. The summed E-state index contributed by atoms with van der Waals surface area (Å²) in [5.74, 6) is -0.914. The Bertz CT molecular complexity index is 825. The summed E-state index contributed by atoms with van der Waals surface area (Å²) in [7, 11) is 0. The van der Waals surface area contributed by atoms with Gasteiger partial charge in [-0.05, 0) is 30.5 Å². The summed E-state index contributed by atoms with van der Waals surface area (Å²) in [6.45, 7) is 5.00. The van der Waals surface area contributed by atoms with Crippen LogP contribution < -0.4 is 10.7 Å². The number of carbonyl (C=O) groups excluding carboxylic acids is 3. The first-order valence-electron chi connectivity index (χ1n) is 8.70. The Balaban J connectivity index is 1.65. The second-order valence-electron chi connectivity index (χ2n) is 6.48. The highest BCUT2D eigenvalue weighted by molar-refractivity contribution is 7.09. The molecular formula is C19H22N4O3S. The highest BCUT2D eigenvalue weighted by Gasteiger charge is 2.49. The van der Waals surface area contributed by atoms with E-state index >= 15 is 0 Å². The number of hydrogen-bond acceptors (Lipinski definition) is 5. The predicted octanol–water partition coefficient (Wildman–Crippen LogP) is 2.07. The number of likely N-dealkylation sites (N-methyl/N-ethyl adjacent to an activating group) is 1. The van der Waals surface area contributed by atoms with Crippen molar-refractivity contribution in [1.82, 2.24) is 20.7 Å². The van der Waals surface area contributed by atoms with Gasteiger partial charge in [-0.15, -0.1) is 11.3 Å². The first-order chi connectivity index (χ1) is 12.9. The van der Waals surface area contributed by atoms with Crippen molar-refractivity contribution in [1.29, 1.82) is 0 Å². The third-order valence-corrected chi connectivity index (χ3v) is 5.41. The first kappa shape index (κ1) is 19.1. The molecule has 2 aromatic rings. The van der Waals surface area contributed by atoms with E-state index in [0.717, 1.165) is 9.89 Å². The van der Waals surface area contributed by atoms with Crippen LogP contribution in [0.1, 0.15) is 24.3 Å². The van der Waals surface area contributed by atoms with Crippen LogP contribution in [-0.4, -0.2) is 40.8 Å². The number of nitrogens with one attached hydrogen (secondary N) is 2. The lowest BCUT2D eigenvalue weighted by Gasteiger charge is -2.23. The van der Waals surface area contributed by atoms with Crippen LogP contribution in [0.4, 0.5) is 4.79 Å². The first-order valence-corrected chi connectivity index (χ1v) is 9.58. The zero-order chi connectivity index (χ0) is 19.4. The summed E-state index contributed by atoms with van der Waals surface area (Å²) in [6, 6.07) is 12.3. The molecule has 1 aromatic heterocycles. The zero-order valence-electron chi connectivity index (χ0n) is 15.3. The molecule has 0 spiro atoms. The molecule has 0 saturated carbocycles. The Morgan fingerprint density at radius 1 is 1.22 bits per heavy atom. The summed E-state index contributed by atoms with van der Waals surface area (Å²) in [6.07, 6.45) is 0. The maximum atomic E-state index is 12.8. The molecule has 8 heteroatoms. The van der Waals surface area contributed by atoms with Gasteiger partial charge in [-0.3, -0.25) is 19.9 Å². The van der Waals surface area contributed by atoms with Gasteiger partial charge in [0.1, 0.15) is 5.54 Å². The van der Waals surface area contributed by atoms with Gasteiger partial charge in [-0.1, -0.05) is 43.3 Å². The topological polar surface area (TPSA) is 81.8 Å². The molecule has 3 rings (SSSR count). The molecule has 27 heavy (non-hydrogen) atoms. The quantitative estimate of drug-likeness (QED) is 0.714. The van der Waals surface area contributed by atoms with Crippen LogP contribution >= 0.6 is 11.3 Å². The number of urea groups is 1. The Kier molecular flexibility index (Phi) is 5.57. The minimum absolute atomic E-state index is 0.0908. The van der Waals surface area contributed by atoms with E-state index < -0.39 is 23.4 Å². The molecular weight excluding hydrogens is 364 g/mol. The minimum atomic E-state index is -1.20. The maximum Gasteiger partial charge on any atom is 0.344 e. The van der Waals surface area contributed by atoms with Gasteiger partial charge in [-0.25, -0.2) is 4.79 Å². The van der Waals surface area contributed by atoms with Gasteiger partial charge in [0.15, 0.2) is 0 Å². The van der Waals surface area contributed by atoms with Crippen LogP contribution in [0.3, 0.4) is 0 Å². The largest absolute Gasteiger partial charge is 0.344 e. The van der Waals surface area contributed by atoms with Gasteiger partial charge < -0.3 is 5.32 Å². The molecule has 0 radical (unpaired) electrons. The molecule has 1 aliphatic heterocycles. The second-order valence-corrected chi connectivity index (χ2v) is 7.51. The lowest BCUT2D eigenvalue weighted by atomic mass is 9.92. The standard InChI is InChI=1S/C19H22N4O3S/c1-3-22(12-15-10-7-11-27-15)13-16(24)21-23-17(25)19(2,20-18(23)26)14-8-5-4-6-9-14/h4-11H,3,12-13H2,1-2H3,(H,20,26)(H,21,24)/t19-/m0/s1. The van der Waals surface area contributed by atoms with Gasteiger partial charge in [0.2, 0.25) is 0 Å². The van der Waals surface area contributed by atoms with E-state index in [9.17, 15) is 14.4 Å². The number of hydrogen-bond donors (Lipinski definition) is 2. The summed E-state index contributed by atoms with van der Waals surface area (Å²) >= 11 is 1.62. The third-order valence-electron chi connectivity index (χ3n) is 4.55. The van der Waals surface area contributed by atoms with E-state index in [0.29, 0.717) is 18.7 Å². The number of hydrazine groups is 1. The predicted molar refractivity (Wildman–Crippen MR) is 103 cm³/mol. The highest BCUT2D eigenvalue weighted by Crippen LogP contribution is 2.27. The SMILES string of the molecule is CCN(CC(=O)NN1C(=O)N[C@@](C)(c2ccccc2)C1=O)Cc1cccs1. The van der Waals surface area contributed by atoms with Crippen molar-refractivity contribution >= 4 is 29.2 Å². The van der Waals surface area contributed by atoms with Crippen molar-refractivity contribution in [3.8, 4) is 0 Å². The summed E-state index contributed by atoms with van der Waals surface area (Å²) in [4.78, 5) is 40.6. The van der Waals surface area contributed by atoms with Crippen molar-refractivity contribution in [3.05, 3.63) is 58.3 Å². The van der Waals surface area contributed by atoms with Crippen molar-refractivity contribution in [2.75, 3.05) is 13.1 Å². The van der Waals surface area contributed by atoms with Crippen LogP contribution in [0.25, 0.3) is 0 Å². The molecule has 2 heterocycles. The van der Waals surface area contributed by atoms with Gasteiger partial charge in [0.05, 0.1) is 6.54 Å². The third kappa shape index (κ3) is 4.01. The van der Waals surface area contributed by atoms with Crippen molar-refractivity contribution < 1.29 is 14.4 Å². The number of rotatable bonds is 7. The molecule has 0 bridgehead atoms. The molecule has 0 unspecified atom stereocenters. The molecule has 4 amide bonds. The second kappa shape index (κ2) is 7.89. The van der Waals surface area contributed by atoms with Crippen molar-refractivity contribution in [2.45, 2.75) is 25.9 Å². The zero-order valence-corrected chi connectivity index (χ0v) is 16.1. The normalized spacial score (nSPS) is 19.4. The van der Waals surface area contributed by atoms with Crippen LogP contribution in [0, 0.1) is 0 Å². The number of benzene rings is 1. The van der Waals surface area contributed by atoms with Gasteiger partial charge in [-0.2, -0.15) is 5.01 Å². The fraction of sp³-hybridized carbons (Fsp3) is 0.316. The molecule has 1 aliphatic rings. The number of thiophene rings is 1. The Hall–Kier alpha value is -2.71. The summed E-state index contributed by atoms with van der Waals surface area (Å²) < 4.78 is 0. The van der Waals surface area contributed by atoms with E-state index in [1.165, 1.54) is 0 Å². The van der Waals surface area contributed by atoms with Crippen LogP contribution in [0.2, 0.25) is 0 Å². The maximum absolute atomic E-state index is 12.8. The molecule has 1 fully saturated rings. The summed E-state index contributed by atoms with van der Waals surface area (Å²) in [5, 5.41) is 5.43. The average molecular weight is 386 g/mol. The van der Waals surface area contributed by atoms with E-state index in [-0.39, 0.29) is 6.54 Å². The fourth-order valence-electron chi connectivity index (χ4n) is 2.97. The average Bonchev–Trinajstić information content (AvgIpc) is 3.25. The van der Waals surface area contributed by atoms with Crippen molar-refractivity contribution in [2.24, 2.45) is 0 Å². The number of nitrogens with zero attached hydrogens (tertiary/aromatic N) is 2. The lowest BCUT2D eigenvalue weighted by Crippen LogP contribution is -2.50. The van der Waals surface area contributed by atoms with E-state index in [2.05, 4.69) is 10.7 Å². The number of carbonyl (C=O) groups is 3. The van der Waals surface area contributed by atoms with E-state index in [1.807, 2.05) is 35.4 Å².